The summed E-state index contributed by atoms with van der Waals surface area (Å²) in [6, 6.07) is 8.31. The zero-order valence-corrected chi connectivity index (χ0v) is 11.3. The van der Waals surface area contributed by atoms with Gasteiger partial charge in [-0.15, -0.1) is 0 Å². The second-order valence-corrected chi connectivity index (χ2v) is 4.56. The highest BCUT2D eigenvalue weighted by Gasteiger charge is 2.06. The number of benzene rings is 1. The Morgan fingerprint density at radius 1 is 1.16 bits per heavy atom. The van der Waals surface area contributed by atoms with E-state index >= 15 is 0 Å². The van der Waals surface area contributed by atoms with Crippen LogP contribution >= 0.6 is 11.6 Å². The molecule has 6 heteroatoms. The molecule has 0 aliphatic rings. The van der Waals surface area contributed by atoms with E-state index in [1.165, 1.54) is 17.7 Å². The van der Waals surface area contributed by atoms with Crippen LogP contribution in [0.1, 0.15) is 5.69 Å². The fraction of sp³-hybridized carbons (Fsp3) is 0.231. The molecule has 0 atom stereocenters. The maximum atomic E-state index is 11.7. The normalized spacial score (nSPS) is 10.5. The first kappa shape index (κ1) is 13.4. The van der Waals surface area contributed by atoms with E-state index in [0.29, 0.717) is 16.5 Å². The Kier molecular flexibility index (Phi) is 3.76. The summed E-state index contributed by atoms with van der Waals surface area (Å²) >= 11 is 5.84. The molecule has 1 aromatic carbocycles. The van der Waals surface area contributed by atoms with Crippen molar-refractivity contribution in [2.24, 2.45) is 14.1 Å². The predicted octanol–water partition coefficient (Wildman–Crippen LogP) is 1.32. The molecule has 0 amide bonds. The summed E-state index contributed by atoms with van der Waals surface area (Å²) < 4.78 is 7.94. The standard InChI is InChI=1S/C13H13ClN2O3/c1-15-10(7-12(17)16(2)13(15)18)8-19-11-5-3-4-9(14)6-11/h3-7H,8H2,1-2H3. The van der Waals surface area contributed by atoms with Gasteiger partial charge in [-0.3, -0.25) is 13.9 Å². The molecule has 1 aromatic heterocycles. The van der Waals surface area contributed by atoms with E-state index in [0.717, 1.165) is 4.57 Å². The van der Waals surface area contributed by atoms with Gasteiger partial charge in [0.05, 0.1) is 5.69 Å². The average molecular weight is 281 g/mol. The molecule has 5 nitrogen and oxygen atoms in total. The van der Waals surface area contributed by atoms with Crippen LogP contribution in [0.5, 0.6) is 5.75 Å². The molecule has 0 spiro atoms. The monoisotopic (exact) mass is 280 g/mol. The van der Waals surface area contributed by atoms with Crippen LogP contribution in [0.25, 0.3) is 0 Å². The lowest BCUT2D eigenvalue weighted by Crippen LogP contribution is -2.38. The fourth-order valence-electron chi connectivity index (χ4n) is 1.63. The first-order valence-electron chi connectivity index (χ1n) is 5.63. The van der Waals surface area contributed by atoms with E-state index in [1.807, 2.05) is 0 Å². The Hall–Kier alpha value is -2.01. The molecule has 1 heterocycles. The highest BCUT2D eigenvalue weighted by Crippen LogP contribution is 2.17. The van der Waals surface area contributed by atoms with Gasteiger partial charge < -0.3 is 4.74 Å². The molecule has 19 heavy (non-hydrogen) atoms. The van der Waals surface area contributed by atoms with E-state index < -0.39 is 0 Å². The van der Waals surface area contributed by atoms with Crippen molar-refractivity contribution in [1.29, 1.82) is 0 Å². The van der Waals surface area contributed by atoms with Gasteiger partial charge in [-0.1, -0.05) is 17.7 Å². The maximum Gasteiger partial charge on any atom is 0.330 e. The van der Waals surface area contributed by atoms with Gasteiger partial charge in [-0.05, 0) is 18.2 Å². The molecule has 2 aromatic rings. The molecule has 0 saturated carbocycles. The fourth-order valence-corrected chi connectivity index (χ4v) is 1.81. The largest absolute Gasteiger partial charge is 0.487 e. The lowest BCUT2D eigenvalue weighted by Gasteiger charge is -2.11. The number of ether oxygens (including phenoxy) is 1. The highest BCUT2D eigenvalue weighted by atomic mass is 35.5. The maximum absolute atomic E-state index is 11.7. The van der Waals surface area contributed by atoms with Crippen LogP contribution in [0.2, 0.25) is 5.02 Å². The summed E-state index contributed by atoms with van der Waals surface area (Å²) in [5.41, 5.74) is -0.224. The number of hydrogen-bond acceptors (Lipinski definition) is 3. The van der Waals surface area contributed by atoms with Crippen molar-refractivity contribution < 1.29 is 4.74 Å². The lowest BCUT2D eigenvalue weighted by molar-refractivity contribution is 0.293. The van der Waals surface area contributed by atoms with Gasteiger partial charge >= 0.3 is 5.69 Å². The molecule has 0 N–H and O–H groups in total. The molecule has 2 rings (SSSR count). The molecule has 0 radical (unpaired) electrons. The van der Waals surface area contributed by atoms with Crippen LogP contribution in [-0.2, 0) is 20.7 Å². The molecule has 0 bridgehead atoms. The van der Waals surface area contributed by atoms with Gasteiger partial charge in [0.1, 0.15) is 12.4 Å². The molecular formula is C13H13ClN2O3. The van der Waals surface area contributed by atoms with Crippen LogP contribution in [0.4, 0.5) is 0 Å². The Balaban J connectivity index is 2.26. The second-order valence-electron chi connectivity index (χ2n) is 4.12. The minimum Gasteiger partial charge on any atom is -0.487 e. The molecule has 0 aliphatic heterocycles. The number of hydrogen-bond donors (Lipinski definition) is 0. The van der Waals surface area contributed by atoms with Gasteiger partial charge in [-0.2, -0.15) is 0 Å². The van der Waals surface area contributed by atoms with Gasteiger partial charge in [-0.25, -0.2) is 4.79 Å². The topological polar surface area (TPSA) is 53.2 Å². The van der Waals surface area contributed by atoms with Crippen molar-refractivity contribution in [3.05, 3.63) is 61.9 Å². The third-order valence-corrected chi connectivity index (χ3v) is 3.04. The Morgan fingerprint density at radius 2 is 1.89 bits per heavy atom. The van der Waals surface area contributed by atoms with Crippen LogP contribution < -0.4 is 16.0 Å². The summed E-state index contributed by atoms with van der Waals surface area (Å²) in [5.74, 6) is 0.584. The van der Waals surface area contributed by atoms with E-state index in [1.54, 1.807) is 31.3 Å². The number of rotatable bonds is 3. The van der Waals surface area contributed by atoms with E-state index in [2.05, 4.69) is 0 Å². The van der Waals surface area contributed by atoms with Gasteiger partial charge in [0.15, 0.2) is 0 Å². The third kappa shape index (κ3) is 2.88. The molecule has 0 fully saturated rings. The smallest absolute Gasteiger partial charge is 0.330 e. The summed E-state index contributed by atoms with van der Waals surface area (Å²) in [6.45, 7) is 0.127. The average Bonchev–Trinajstić information content (AvgIpc) is 2.39. The van der Waals surface area contributed by atoms with Gasteiger partial charge in [0.25, 0.3) is 5.56 Å². The van der Waals surface area contributed by atoms with Crippen molar-refractivity contribution in [1.82, 2.24) is 9.13 Å². The summed E-state index contributed by atoms with van der Waals surface area (Å²) in [5, 5.41) is 0.565. The molecule has 0 unspecified atom stereocenters. The second kappa shape index (κ2) is 5.32. The Morgan fingerprint density at radius 3 is 2.58 bits per heavy atom. The summed E-state index contributed by atoms with van der Waals surface area (Å²) in [4.78, 5) is 23.3. The quantitative estimate of drug-likeness (QED) is 0.852. The highest BCUT2D eigenvalue weighted by molar-refractivity contribution is 6.30. The van der Waals surface area contributed by atoms with Crippen molar-refractivity contribution in [2.75, 3.05) is 0 Å². The number of halogens is 1. The first-order valence-corrected chi connectivity index (χ1v) is 6.01. The molecule has 0 saturated heterocycles. The first-order chi connectivity index (χ1) is 8.99. The number of aromatic nitrogens is 2. The van der Waals surface area contributed by atoms with Crippen molar-refractivity contribution in [2.45, 2.75) is 6.61 Å². The molecular weight excluding hydrogens is 268 g/mol. The molecule has 0 aliphatic carbocycles. The van der Waals surface area contributed by atoms with Crippen molar-refractivity contribution >= 4 is 11.6 Å². The lowest BCUT2D eigenvalue weighted by atomic mass is 10.3. The minimum atomic E-state index is -0.378. The van der Waals surface area contributed by atoms with Crippen molar-refractivity contribution in [3.8, 4) is 5.75 Å². The van der Waals surface area contributed by atoms with Crippen LogP contribution in [0, 0.1) is 0 Å². The van der Waals surface area contributed by atoms with Crippen LogP contribution in [0.15, 0.2) is 39.9 Å². The summed E-state index contributed by atoms with van der Waals surface area (Å²) in [6.07, 6.45) is 0. The SMILES string of the molecule is Cn1c(COc2cccc(Cl)c2)cc(=O)n(C)c1=O. The van der Waals surface area contributed by atoms with Gasteiger partial charge in [0, 0.05) is 25.2 Å². The molecule has 100 valence electrons. The Bertz CT molecular complexity index is 719. The third-order valence-electron chi connectivity index (χ3n) is 2.81. The van der Waals surface area contributed by atoms with Crippen LogP contribution in [-0.4, -0.2) is 9.13 Å². The Labute approximate surface area is 114 Å². The minimum absolute atomic E-state index is 0.127. The van der Waals surface area contributed by atoms with Crippen molar-refractivity contribution in [3.63, 3.8) is 0 Å². The van der Waals surface area contributed by atoms with E-state index in [4.69, 9.17) is 16.3 Å². The van der Waals surface area contributed by atoms with E-state index in [9.17, 15) is 9.59 Å². The van der Waals surface area contributed by atoms with Crippen LogP contribution in [0.3, 0.4) is 0 Å². The zero-order valence-electron chi connectivity index (χ0n) is 10.6. The van der Waals surface area contributed by atoms with E-state index in [-0.39, 0.29) is 17.9 Å². The summed E-state index contributed by atoms with van der Waals surface area (Å²) in [7, 11) is 3.03. The van der Waals surface area contributed by atoms with Gasteiger partial charge in [0.2, 0.25) is 0 Å². The number of nitrogens with zero attached hydrogens (tertiary/aromatic N) is 2. The zero-order chi connectivity index (χ0) is 14.0. The predicted molar refractivity (Wildman–Crippen MR) is 72.7 cm³/mol.